The summed E-state index contributed by atoms with van der Waals surface area (Å²) in [7, 11) is 1.68. The molecule has 2 nitrogen and oxygen atoms in total. The Balaban J connectivity index is 2.09. The van der Waals surface area contributed by atoms with Gasteiger partial charge in [-0.3, -0.25) is 0 Å². The van der Waals surface area contributed by atoms with Crippen LogP contribution in [0.15, 0.2) is 66.7 Å². The number of rotatable bonds is 2. The molecule has 0 aliphatic carbocycles. The number of halogens is 1. The van der Waals surface area contributed by atoms with Gasteiger partial charge in [0.1, 0.15) is 5.75 Å². The highest BCUT2D eigenvalue weighted by molar-refractivity contribution is 6.30. The van der Waals surface area contributed by atoms with Crippen molar-refractivity contribution in [1.82, 2.24) is 4.98 Å². The Hall–Kier alpha value is -2.58. The van der Waals surface area contributed by atoms with Gasteiger partial charge in [0.2, 0.25) is 0 Å². The van der Waals surface area contributed by atoms with Crippen LogP contribution in [0.5, 0.6) is 5.75 Å². The molecule has 23 heavy (non-hydrogen) atoms. The van der Waals surface area contributed by atoms with Crippen LogP contribution in [0.25, 0.3) is 32.9 Å². The van der Waals surface area contributed by atoms with Crippen LogP contribution in [0.4, 0.5) is 0 Å². The fourth-order valence-electron chi connectivity index (χ4n) is 2.89. The zero-order chi connectivity index (χ0) is 15.8. The molecule has 3 heteroatoms. The maximum absolute atomic E-state index is 6.01. The van der Waals surface area contributed by atoms with Crippen molar-refractivity contribution in [3.05, 3.63) is 71.8 Å². The predicted octanol–water partition coefficient (Wildman–Crippen LogP) is 5.72. The maximum Gasteiger partial charge on any atom is 0.119 e. The summed E-state index contributed by atoms with van der Waals surface area (Å²) in [6.45, 7) is 0. The van der Waals surface area contributed by atoms with Crippen molar-refractivity contribution < 1.29 is 4.74 Å². The second-order valence-electron chi connectivity index (χ2n) is 5.40. The second-order valence-corrected chi connectivity index (χ2v) is 5.83. The fourth-order valence-corrected chi connectivity index (χ4v) is 3.01. The summed E-state index contributed by atoms with van der Waals surface area (Å²) in [4.78, 5) is 4.88. The molecule has 0 fully saturated rings. The van der Waals surface area contributed by atoms with E-state index in [1.54, 1.807) is 7.11 Å². The summed E-state index contributed by atoms with van der Waals surface area (Å²) in [5.74, 6) is 0.837. The van der Waals surface area contributed by atoms with Crippen LogP contribution in [0, 0.1) is 0 Å². The van der Waals surface area contributed by atoms with Gasteiger partial charge in [-0.25, -0.2) is 4.98 Å². The highest BCUT2D eigenvalue weighted by atomic mass is 35.5. The Morgan fingerprint density at radius 1 is 0.826 bits per heavy atom. The van der Waals surface area contributed by atoms with E-state index in [0.29, 0.717) is 0 Å². The third kappa shape index (κ3) is 2.41. The molecule has 1 heterocycles. The van der Waals surface area contributed by atoms with Crippen LogP contribution in [-0.4, -0.2) is 12.1 Å². The molecule has 0 bridgehead atoms. The van der Waals surface area contributed by atoms with E-state index in [4.69, 9.17) is 21.3 Å². The van der Waals surface area contributed by atoms with Crippen molar-refractivity contribution in [2.24, 2.45) is 0 Å². The molecule has 0 saturated heterocycles. The minimum Gasteiger partial charge on any atom is -0.497 e. The first-order chi connectivity index (χ1) is 11.3. The topological polar surface area (TPSA) is 22.1 Å². The van der Waals surface area contributed by atoms with E-state index in [2.05, 4.69) is 12.1 Å². The average molecular weight is 320 g/mol. The normalized spacial score (nSPS) is 11.0. The minimum absolute atomic E-state index is 0.726. The summed E-state index contributed by atoms with van der Waals surface area (Å²) >= 11 is 6.01. The van der Waals surface area contributed by atoms with Crippen molar-refractivity contribution in [1.29, 1.82) is 0 Å². The Labute approximate surface area is 139 Å². The third-order valence-electron chi connectivity index (χ3n) is 4.03. The lowest BCUT2D eigenvalue weighted by Gasteiger charge is -2.11. The van der Waals surface area contributed by atoms with E-state index in [1.807, 2.05) is 54.6 Å². The summed E-state index contributed by atoms with van der Waals surface area (Å²) in [5.41, 5.74) is 2.98. The minimum atomic E-state index is 0.726. The third-order valence-corrected chi connectivity index (χ3v) is 4.28. The van der Waals surface area contributed by atoms with Gasteiger partial charge >= 0.3 is 0 Å². The van der Waals surface area contributed by atoms with Gasteiger partial charge in [0, 0.05) is 21.4 Å². The van der Waals surface area contributed by atoms with Crippen LogP contribution < -0.4 is 4.74 Å². The van der Waals surface area contributed by atoms with Crippen molar-refractivity contribution in [2.75, 3.05) is 7.11 Å². The smallest absolute Gasteiger partial charge is 0.119 e. The molecule has 1 aromatic heterocycles. The molecular weight excluding hydrogens is 306 g/mol. The molecule has 4 rings (SSSR count). The number of hydrogen-bond acceptors (Lipinski definition) is 2. The number of aromatic nitrogens is 1. The number of nitrogens with zero attached hydrogens (tertiary/aromatic N) is 1. The van der Waals surface area contributed by atoms with Crippen molar-refractivity contribution in [3.63, 3.8) is 0 Å². The van der Waals surface area contributed by atoms with Crippen LogP contribution in [0.1, 0.15) is 0 Å². The van der Waals surface area contributed by atoms with E-state index in [0.717, 1.165) is 38.3 Å². The highest BCUT2D eigenvalue weighted by Gasteiger charge is 2.10. The number of methoxy groups -OCH3 is 1. The molecule has 112 valence electrons. The van der Waals surface area contributed by atoms with E-state index in [9.17, 15) is 0 Å². The molecule has 0 amide bonds. The molecule has 3 aromatic carbocycles. The number of pyridine rings is 1. The number of fused-ring (bicyclic) bond motifs is 3. The van der Waals surface area contributed by atoms with Crippen LogP contribution in [0.2, 0.25) is 5.02 Å². The molecule has 0 aliphatic heterocycles. The SMILES string of the molecule is COc1ccc2nc(-c3ccc(Cl)cc3)c3ccccc3c2c1. The first kappa shape index (κ1) is 14.0. The van der Waals surface area contributed by atoms with Crippen LogP contribution in [-0.2, 0) is 0 Å². The van der Waals surface area contributed by atoms with Crippen LogP contribution >= 0.6 is 11.6 Å². The Morgan fingerprint density at radius 3 is 2.30 bits per heavy atom. The largest absolute Gasteiger partial charge is 0.497 e. The van der Waals surface area contributed by atoms with E-state index < -0.39 is 0 Å². The monoisotopic (exact) mass is 319 g/mol. The zero-order valence-corrected chi connectivity index (χ0v) is 13.3. The molecule has 0 radical (unpaired) electrons. The quantitative estimate of drug-likeness (QED) is 0.441. The lowest BCUT2D eigenvalue weighted by atomic mass is 10.00. The van der Waals surface area contributed by atoms with Crippen LogP contribution in [0.3, 0.4) is 0 Å². The molecule has 0 unspecified atom stereocenters. The van der Waals surface area contributed by atoms with Gasteiger partial charge in [-0.05, 0) is 35.7 Å². The molecule has 0 atom stereocenters. The second kappa shape index (κ2) is 5.56. The Bertz CT molecular complexity index is 1010. The van der Waals surface area contributed by atoms with Gasteiger partial charge in [-0.15, -0.1) is 0 Å². The lowest BCUT2D eigenvalue weighted by Crippen LogP contribution is -1.90. The molecule has 0 N–H and O–H groups in total. The van der Waals surface area contributed by atoms with E-state index >= 15 is 0 Å². The van der Waals surface area contributed by atoms with E-state index in [1.165, 1.54) is 5.39 Å². The summed E-state index contributed by atoms with van der Waals surface area (Å²) in [6, 6.07) is 22.1. The molecule has 0 spiro atoms. The average Bonchev–Trinajstić information content (AvgIpc) is 2.61. The lowest BCUT2D eigenvalue weighted by molar-refractivity contribution is 0.415. The standard InChI is InChI=1S/C20H14ClNO/c1-23-15-10-11-19-18(12-15)16-4-2-3-5-17(16)20(22-19)13-6-8-14(21)9-7-13/h2-12H,1H3. The first-order valence-electron chi connectivity index (χ1n) is 7.39. The van der Waals surface area contributed by atoms with Gasteiger partial charge in [0.05, 0.1) is 18.3 Å². The zero-order valence-electron chi connectivity index (χ0n) is 12.6. The summed E-state index contributed by atoms with van der Waals surface area (Å²) < 4.78 is 5.36. The molecular formula is C20H14ClNO. The maximum atomic E-state index is 6.01. The van der Waals surface area contributed by atoms with Crippen molar-refractivity contribution in [2.45, 2.75) is 0 Å². The fraction of sp³-hybridized carbons (Fsp3) is 0.0500. The van der Waals surface area contributed by atoms with Gasteiger partial charge in [0.25, 0.3) is 0 Å². The van der Waals surface area contributed by atoms with E-state index in [-0.39, 0.29) is 0 Å². The molecule has 0 aliphatic rings. The predicted molar refractivity (Wildman–Crippen MR) is 96.2 cm³/mol. The molecule has 4 aromatic rings. The van der Waals surface area contributed by atoms with Gasteiger partial charge in [-0.2, -0.15) is 0 Å². The number of ether oxygens (including phenoxy) is 1. The Kier molecular flexibility index (Phi) is 3.40. The van der Waals surface area contributed by atoms with Crippen molar-refractivity contribution >= 4 is 33.3 Å². The summed E-state index contributed by atoms with van der Waals surface area (Å²) in [6.07, 6.45) is 0. The van der Waals surface area contributed by atoms with Gasteiger partial charge < -0.3 is 4.74 Å². The van der Waals surface area contributed by atoms with Crippen molar-refractivity contribution in [3.8, 4) is 17.0 Å². The molecule has 0 saturated carbocycles. The highest BCUT2D eigenvalue weighted by Crippen LogP contribution is 2.34. The number of hydrogen-bond donors (Lipinski definition) is 0. The number of benzene rings is 3. The van der Waals surface area contributed by atoms with Gasteiger partial charge in [-0.1, -0.05) is 48.0 Å². The first-order valence-corrected chi connectivity index (χ1v) is 7.76. The summed E-state index contributed by atoms with van der Waals surface area (Å²) in [5, 5.41) is 4.11. The Morgan fingerprint density at radius 2 is 1.57 bits per heavy atom. The van der Waals surface area contributed by atoms with Gasteiger partial charge in [0.15, 0.2) is 0 Å².